The number of halogens is 3. The van der Waals surface area contributed by atoms with Gasteiger partial charge in [-0.25, -0.2) is 4.39 Å². The maximum atomic E-state index is 15.2. The Bertz CT molecular complexity index is 1220. The van der Waals surface area contributed by atoms with Crippen LogP contribution in [-0.2, 0) is 9.47 Å². The molecule has 0 aromatic heterocycles. The van der Waals surface area contributed by atoms with Crippen molar-refractivity contribution < 1.29 is 28.8 Å². The quantitative estimate of drug-likeness (QED) is 0.201. The van der Waals surface area contributed by atoms with Crippen LogP contribution < -0.4 is 4.74 Å². The van der Waals surface area contributed by atoms with Crippen LogP contribution in [0.15, 0.2) is 42.5 Å². The molecule has 0 radical (unpaired) electrons. The van der Waals surface area contributed by atoms with E-state index in [9.17, 15) is 4.39 Å². The zero-order valence-corrected chi connectivity index (χ0v) is 25.8. The van der Waals surface area contributed by atoms with Crippen molar-refractivity contribution >= 4 is 0 Å². The molecule has 0 N–H and O–H groups in total. The van der Waals surface area contributed by atoms with Gasteiger partial charge < -0.3 is 14.2 Å². The van der Waals surface area contributed by atoms with Crippen LogP contribution in [0.3, 0.4) is 0 Å². The van der Waals surface area contributed by atoms with Gasteiger partial charge in [-0.2, -0.15) is 8.78 Å². The molecule has 3 nitrogen and oxygen atoms in total. The summed E-state index contributed by atoms with van der Waals surface area (Å²) in [6, 6.07) is 11.1. The first-order valence-electron chi connectivity index (χ1n) is 16.5. The zero-order valence-electron chi connectivity index (χ0n) is 25.8. The van der Waals surface area contributed by atoms with Crippen molar-refractivity contribution in [1.29, 1.82) is 0 Å². The number of alkyl halides is 2. The fourth-order valence-electron chi connectivity index (χ4n) is 7.35. The van der Waals surface area contributed by atoms with Crippen LogP contribution in [-0.4, -0.2) is 25.6 Å². The molecule has 2 aliphatic carbocycles. The topological polar surface area (TPSA) is 27.7 Å². The van der Waals surface area contributed by atoms with Gasteiger partial charge in [0.25, 0.3) is 0 Å². The first-order valence-corrected chi connectivity index (χ1v) is 16.5. The molecule has 0 bridgehead atoms. The number of unbranched alkanes of at least 4 members (excludes halogenated alkanes) is 2. The van der Waals surface area contributed by atoms with E-state index in [1.54, 1.807) is 19.1 Å². The molecule has 3 aliphatic rings. The van der Waals surface area contributed by atoms with Gasteiger partial charge >= 0.3 is 6.11 Å². The second-order valence-corrected chi connectivity index (χ2v) is 12.9. The van der Waals surface area contributed by atoms with E-state index in [1.165, 1.54) is 63.5 Å². The number of hydrogen-bond acceptors (Lipinski definition) is 3. The van der Waals surface area contributed by atoms with Crippen LogP contribution in [0.4, 0.5) is 13.2 Å². The van der Waals surface area contributed by atoms with Gasteiger partial charge in [-0.05, 0) is 87.1 Å². The predicted molar refractivity (Wildman–Crippen MR) is 166 cm³/mol. The van der Waals surface area contributed by atoms with Crippen molar-refractivity contribution in [1.82, 2.24) is 0 Å². The second kappa shape index (κ2) is 15.0. The molecule has 2 aromatic carbocycles. The maximum absolute atomic E-state index is 15.2. The van der Waals surface area contributed by atoms with E-state index in [0.29, 0.717) is 61.9 Å². The maximum Gasteiger partial charge on any atom is 0.400 e. The highest BCUT2D eigenvalue weighted by Crippen LogP contribution is 2.43. The Morgan fingerprint density at radius 3 is 2.16 bits per heavy atom. The van der Waals surface area contributed by atoms with E-state index in [1.807, 2.05) is 12.1 Å². The lowest BCUT2D eigenvalue weighted by atomic mass is 9.74. The van der Waals surface area contributed by atoms with Crippen molar-refractivity contribution in [3.05, 3.63) is 53.8 Å². The summed E-state index contributed by atoms with van der Waals surface area (Å²) in [4.78, 5) is 0. The Labute approximate surface area is 257 Å². The van der Waals surface area contributed by atoms with Gasteiger partial charge in [-0.15, -0.1) is 5.92 Å². The molecule has 43 heavy (non-hydrogen) atoms. The van der Waals surface area contributed by atoms with Gasteiger partial charge in [-0.1, -0.05) is 63.5 Å². The van der Waals surface area contributed by atoms with Gasteiger partial charge in [-0.3, -0.25) is 0 Å². The summed E-state index contributed by atoms with van der Waals surface area (Å²) in [5, 5.41) is 0. The molecule has 0 amide bonds. The third kappa shape index (κ3) is 8.37. The van der Waals surface area contributed by atoms with E-state index in [-0.39, 0.29) is 19.4 Å². The zero-order chi connectivity index (χ0) is 30.2. The molecule has 236 valence electrons. The van der Waals surface area contributed by atoms with Gasteiger partial charge in [0.1, 0.15) is 11.6 Å². The summed E-state index contributed by atoms with van der Waals surface area (Å²) in [7, 11) is 0. The average molecular weight is 599 g/mol. The first-order chi connectivity index (χ1) is 20.9. The lowest BCUT2D eigenvalue weighted by Gasteiger charge is -2.41. The molecule has 3 fully saturated rings. The van der Waals surface area contributed by atoms with Gasteiger partial charge in [0, 0.05) is 30.5 Å². The Balaban J connectivity index is 0.00000442. The van der Waals surface area contributed by atoms with Crippen LogP contribution in [0, 0.1) is 47.2 Å². The molecule has 6 heteroatoms. The molecule has 0 atom stereocenters. The Morgan fingerprint density at radius 2 is 1.53 bits per heavy atom. The summed E-state index contributed by atoms with van der Waals surface area (Å²) < 4.78 is 62.8. The highest BCUT2D eigenvalue weighted by Gasteiger charge is 2.46. The largest absolute Gasteiger partial charge is 0.432 e. The van der Waals surface area contributed by atoms with Crippen LogP contribution >= 0.6 is 0 Å². The van der Waals surface area contributed by atoms with Crippen LogP contribution in [0.25, 0.3) is 11.1 Å². The molecule has 1 aliphatic heterocycles. The Hall–Kier alpha value is -2.49. The van der Waals surface area contributed by atoms with E-state index in [2.05, 4.69) is 18.8 Å². The molecular weight excluding hydrogens is 549 g/mol. The van der Waals surface area contributed by atoms with Crippen molar-refractivity contribution in [2.24, 2.45) is 29.6 Å². The summed E-state index contributed by atoms with van der Waals surface area (Å²) in [5.74, 6) is 6.21. The monoisotopic (exact) mass is 598 g/mol. The van der Waals surface area contributed by atoms with Crippen molar-refractivity contribution in [2.75, 3.05) is 13.2 Å². The van der Waals surface area contributed by atoms with Crippen molar-refractivity contribution in [3.63, 3.8) is 0 Å². The SMILES string of the molecule is CC#Cc1ccc(-c2ccc(OC(F)(F)C3CCC(C4OCC(C5CCC(CCCCC)CC5)CO4)CC3)cc2F)cc1.[HH]. The van der Waals surface area contributed by atoms with Crippen molar-refractivity contribution in [3.8, 4) is 28.7 Å². The summed E-state index contributed by atoms with van der Waals surface area (Å²) >= 11 is 0. The molecule has 2 aromatic rings. The van der Waals surface area contributed by atoms with E-state index < -0.39 is 17.8 Å². The second-order valence-electron chi connectivity index (χ2n) is 12.9. The number of rotatable bonds is 10. The van der Waals surface area contributed by atoms with Crippen LogP contribution in [0.1, 0.15) is 97.9 Å². The molecule has 2 saturated carbocycles. The summed E-state index contributed by atoms with van der Waals surface area (Å²) in [6.07, 6.45) is 8.73. The lowest BCUT2D eigenvalue weighted by molar-refractivity contribution is -0.251. The smallest absolute Gasteiger partial charge is 0.400 e. The minimum atomic E-state index is -3.38. The molecule has 0 unspecified atom stereocenters. The molecular formula is C37H49F3O3. The minimum absolute atomic E-state index is 0. The third-order valence-corrected chi connectivity index (χ3v) is 10.0. The number of benzene rings is 2. The number of hydrogen-bond donors (Lipinski definition) is 0. The summed E-state index contributed by atoms with van der Waals surface area (Å²) in [6.45, 7) is 5.45. The summed E-state index contributed by atoms with van der Waals surface area (Å²) in [5.41, 5.74) is 1.81. The fraction of sp³-hybridized carbons (Fsp3) is 0.622. The molecule has 5 rings (SSSR count). The van der Waals surface area contributed by atoms with Crippen LogP contribution in [0.5, 0.6) is 5.75 Å². The standard InChI is InChI=1S/C37H47F3O3.H2/c1-3-5-6-8-27-9-13-28(14-10-27)31-24-41-36(42-25-31)30-17-19-32(20-18-30)37(39,40)43-33-21-22-34(35(38)23-33)29-15-11-26(7-4-2)12-16-29;/h11-12,15-16,21-23,27-28,30-32,36H,3,5-6,8-10,13-14,17-20,24-25H2,1-2H3;1H. The highest BCUT2D eigenvalue weighted by atomic mass is 19.3. The molecule has 1 heterocycles. The van der Waals surface area contributed by atoms with E-state index >= 15 is 8.78 Å². The average Bonchev–Trinajstić information content (AvgIpc) is 3.02. The fourth-order valence-corrected chi connectivity index (χ4v) is 7.35. The minimum Gasteiger partial charge on any atom is -0.432 e. The highest BCUT2D eigenvalue weighted by molar-refractivity contribution is 5.66. The van der Waals surface area contributed by atoms with Gasteiger partial charge in [0.05, 0.1) is 19.1 Å². The molecule has 0 spiro atoms. The van der Waals surface area contributed by atoms with Crippen LogP contribution in [0.2, 0.25) is 0 Å². The Kier molecular flexibility index (Phi) is 11.1. The van der Waals surface area contributed by atoms with Crippen molar-refractivity contribution in [2.45, 2.75) is 103 Å². The van der Waals surface area contributed by atoms with E-state index in [0.717, 1.165) is 17.5 Å². The first kappa shape index (κ1) is 31.9. The lowest BCUT2D eigenvalue weighted by Crippen LogP contribution is -2.43. The Morgan fingerprint density at radius 1 is 0.860 bits per heavy atom. The van der Waals surface area contributed by atoms with Gasteiger partial charge in [0.2, 0.25) is 0 Å². The normalized spacial score (nSPS) is 28.1. The third-order valence-electron chi connectivity index (χ3n) is 10.0. The predicted octanol–water partition coefficient (Wildman–Crippen LogP) is 10.3. The molecule has 1 saturated heterocycles. The van der Waals surface area contributed by atoms with Gasteiger partial charge in [0.15, 0.2) is 6.29 Å². The van der Waals surface area contributed by atoms with E-state index in [4.69, 9.17) is 14.2 Å². The number of ether oxygens (including phenoxy) is 3.